The van der Waals surface area contributed by atoms with Crippen LogP contribution in [0.25, 0.3) is 11.4 Å². The summed E-state index contributed by atoms with van der Waals surface area (Å²) in [7, 11) is 1.65. The molecule has 150 valence electrons. The molecule has 0 aliphatic rings. The monoisotopic (exact) mass is 432 g/mol. The van der Waals surface area contributed by atoms with Gasteiger partial charge in [0, 0.05) is 29.3 Å². The number of hydrogen-bond acceptors (Lipinski definition) is 6. The zero-order chi connectivity index (χ0) is 21.0. The van der Waals surface area contributed by atoms with Gasteiger partial charge in [0.1, 0.15) is 16.4 Å². The Morgan fingerprint density at radius 1 is 0.966 bits per heavy atom. The van der Waals surface area contributed by atoms with Crippen LogP contribution in [0.2, 0.25) is 0 Å². The number of thioether (sulfide) groups is 2. The lowest BCUT2D eigenvalue weighted by atomic mass is 10.2. The molecule has 2 N–H and O–H groups in total. The van der Waals surface area contributed by atoms with Gasteiger partial charge in [0.15, 0.2) is 17.5 Å². The van der Waals surface area contributed by atoms with Crippen molar-refractivity contribution >= 4 is 40.9 Å². The number of rotatable bonds is 6. The van der Waals surface area contributed by atoms with E-state index in [0.717, 1.165) is 22.6 Å². The van der Waals surface area contributed by atoms with E-state index in [2.05, 4.69) is 20.6 Å². The van der Waals surface area contributed by atoms with Crippen LogP contribution in [0.15, 0.2) is 52.4 Å². The third-order valence-electron chi connectivity index (χ3n) is 4.06. The van der Waals surface area contributed by atoms with Crippen molar-refractivity contribution in [3.8, 4) is 11.4 Å². The van der Waals surface area contributed by atoms with E-state index >= 15 is 0 Å². The molecule has 0 fully saturated rings. The summed E-state index contributed by atoms with van der Waals surface area (Å²) in [5, 5.41) is 5.96. The van der Waals surface area contributed by atoms with Gasteiger partial charge in [-0.3, -0.25) is 4.79 Å². The van der Waals surface area contributed by atoms with E-state index in [1.54, 1.807) is 25.1 Å². The number of aromatic nitrogens is 2. The molecule has 0 aliphatic heterocycles. The molecule has 9 heteroatoms. The first-order chi connectivity index (χ1) is 14.0. The van der Waals surface area contributed by atoms with Crippen LogP contribution in [0.5, 0.6) is 0 Å². The number of carbonyl (C=O) groups excluding carboxylic acids is 1. The molecule has 0 saturated heterocycles. The summed E-state index contributed by atoms with van der Waals surface area (Å²) in [4.78, 5) is 23.0. The third kappa shape index (κ3) is 4.68. The Labute approximate surface area is 175 Å². The van der Waals surface area contributed by atoms with Crippen molar-refractivity contribution in [3.05, 3.63) is 59.7 Å². The molecule has 5 nitrogen and oxygen atoms in total. The number of anilines is 2. The van der Waals surface area contributed by atoms with Crippen LogP contribution in [0.4, 0.5) is 20.3 Å². The van der Waals surface area contributed by atoms with Gasteiger partial charge in [-0.05, 0) is 36.8 Å². The van der Waals surface area contributed by atoms with Crippen LogP contribution in [0.3, 0.4) is 0 Å². The SMILES string of the molecule is CNc1nc(-c2ccc(SC)cc2)nc(SC)c1C(=O)Nc1ccc(F)c(F)c1. The fraction of sp³-hybridized carbons (Fsp3) is 0.150. The molecule has 2 aromatic carbocycles. The summed E-state index contributed by atoms with van der Waals surface area (Å²) >= 11 is 2.93. The van der Waals surface area contributed by atoms with Gasteiger partial charge in [-0.2, -0.15) is 0 Å². The fourth-order valence-electron chi connectivity index (χ4n) is 2.61. The van der Waals surface area contributed by atoms with Crippen LogP contribution in [-0.4, -0.2) is 35.4 Å². The van der Waals surface area contributed by atoms with Crippen molar-refractivity contribution in [1.29, 1.82) is 0 Å². The lowest BCUT2D eigenvalue weighted by Gasteiger charge is -2.14. The van der Waals surface area contributed by atoms with E-state index in [1.165, 1.54) is 17.8 Å². The van der Waals surface area contributed by atoms with Gasteiger partial charge >= 0.3 is 0 Å². The number of benzene rings is 2. The van der Waals surface area contributed by atoms with Crippen molar-refractivity contribution in [3.63, 3.8) is 0 Å². The molecule has 0 aliphatic carbocycles. The van der Waals surface area contributed by atoms with E-state index in [0.29, 0.717) is 16.7 Å². The zero-order valence-electron chi connectivity index (χ0n) is 15.9. The molecule has 3 aromatic rings. The minimum atomic E-state index is -1.04. The van der Waals surface area contributed by atoms with Crippen LogP contribution >= 0.6 is 23.5 Å². The van der Waals surface area contributed by atoms with Crippen molar-refractivity contribution < 1.29 is 13.6 Å². The molecule has 0 atom stereocenters. The normalized spacial score (nSPS) is 10.7. The molecule has 1 heterocycles. The Balaban J connectivity index is 1.99. The largest absolute Gasteiger partial charge is 0.372 e. The highest BCUT2D eigenvalue weighted by Crippen LogP contribution is 2.29. The lowest BCUT2D eigenvalue weighted by molar-refractivity contribution is 0.102. The highest BCUT2D eigenvalue weighted by atomic mass is 32.2. The zero-order valence-corrected chi connectivity index (χ0v) is 17.5. The molecular formula is C20H18F2N4OS2. The van der Waals surface area contributed by atoms with Crippen LogP contribution in [-0.2, 0) is 0 Å². The summed E-state index contributed by atoms with van der Waals surface area (Å²) in [6, 6.07) is 11.0. The highest BCUT2D eigenvalue weighted by Gasteiger charge is 2.21. The quantitative estimate of drug-likeness (QED) is 0.414. The summed E-state index contributed by atoms with van der Waals surface area (Å²) < 4.78 is 26.6. The summed E-state index contributed by atoms with van der Waals surface area (Å²) in [6.45, 7) is 0. The number of nitrogens with zero attached hydrogens (tertiary/aromatic N) is 2. The smallest absolute Gasteiger partial charge is 0.262 e. The minimum absolute atomic E-state index is 0.139. The van der Waals surface area contributed by atoms with Gasteiger partial charge in [-0.1, -0.05) is 12.1 Å². The van der Waals surface area contributed by atoms with Gasteiger partial charge < -0.3 is 10.6 Å². The third-order valence-corrected chi connectivity index (χ3v) is 5.48. The molecule has 0 spiro atoms. The molecular weight excluding hydrogens is 414 g/mol. The van der Waals surface area contributed by atoms with Gasteiger partial charge in [0.25, 0.3) is 5.91 Å². The van der Waals surface area contributed by atoms with Gasteiger partial charge in [0.05, 0.1) is 0 Å². The first-order valence-corrected chi connectivity index (χ1v) is 11.0. The maximum Gasteiger partial charge on any atom is 0.262 e. The van der Waals surface area contributed by atoms with Crippen molar-refractivity contribution in [2.75, 3.05) is 30.2 Å². The second kappa shape index (κ2) is 9.23. The second-order valence-corrected chi connectivity index (χ2v) is 7.52. The Morgan fingerprint density at radius 3 is 2.28 bits per heavy atom. The van der Waals surface area contributed by atoms with Crippen LogP contribution < -0.4 is 10.6 Å². The summed E-state index contributed by atoms with van der Waals surface area (Å²) in [6.07, 6.45) is 3.80. The van der Waals surface area contributed by atoms with E-state index in [1.807, 2.05) is 30.5 Å². The molecule has 1 amide bonds. The lowest BCUT2D eigenvalue weighted by Crippen LogP contribution is -2.17. The van der Waals surface area contributed by atoms with Gasteiger partial charge in [0.2, 0.25) is 0 Å². The summed E-state index contributed by atoms with van der Waals surface area (Å²) in [5.41, 5.74) is 1.19. The predicted molar refractivity (Wildman–Crippen MR) is 115 cm³/mol. The molecule has 1 aromatic heterocycles. The molecule has 0 bridgehead atoms. The van der Waals surface area contributed by atoms with Crippen molar-refractivity contribution in [2.45, 2.75) is 9.92 Å². The maximum atomic E-state index is 13.4. The fourth-order valence-corrected chi connectivity index (χ4v) is 3.59. The summed E-state index contributed by atoms with van der Waals surface area (Å²) in [5.74, 6) is -1.72. The highest BCUT2D eigenvalue weighted by molar-refractivity contribution is 7.98. The Hall–Kier alpha value is -2.65. The Morgan fingerprint density at radius 2 is 1.69 bits per heavy atom. The van der Waals surface area contributed by atoms with E-state index in [-0.39, 0.29) is 11.3 Å². The van der Waals surface area contributed by atoms with Gasteiger partial charge in [-0.15, -0.1) is 23.5 Å². The number of amides is 1. The van der Waals surface area contributed by atoms with E-state index in [9.17, 15) is 13.6 Å². The Bertz CT molecular complexity index is 1020. The standard InChI is InChI=1S/C20H18F2N4OS2/c1-23-18-16(19(27)24-12-6-9-14(21)15(22)10-12)20(29-3)26-17(25-18)11-4-7-13(28-2)8-5-11/h4-10H,1-3H3,(H,24,27)(H,23,25,26). The first-order valence-electron chi connectivity index (χ1n) is 8.51. The predicted octanol–water partition coefficient (Wildman–Crippen LogP) is 5.16. The molecule has 29 heavy (non-hydrogen) atoms. The molecule has 0 unspecified atom stereocenters. The van der Waals surface area contributed by atoms with Gasteiger partial charge in [-0.25, -0.2) is 18.7 Å². The van der Waals surface area contributed by atoms with E-state index < -0.39 is 17.5 Å². The number of carbonyl (C=O) groups is 1. The molecule has 3 rings (SSSR count). The topological polar surface area (TPSA) is 66.9 Å². The van der Waals surface area contributed by atoms with E-state index in [4.69, 9.17) is 0 Å². The molecule has 0 radical (unpaired) electrons. The number of halogens is 2. The average molecular weight is 433 g/mol. The number of hydrogen-bond donors (Lipinski definition) is 2. The Kier molecular flexibility index (Phi) is 6.71. The van der Waals surface area contributed by atoms with Crippen LogP contribution in [0, 0.1) is 11.6 Å². The van der Waals surface area contributed by atoms with Crippen molar-refractivity contribution in [2.24, 2.45) is 0 Å². The first kappa shape index (κ1) is 21.1. The molecule has 0 saturated carbocycles. The minimum Gasteiger partial charge on any atom is -0.372 e. The van der Waals surface area contributed by atoms with Crippen molar-refractivity contribution in [1.82, 2.24) is 9.97 Å². The second-order valence-electron chi connectivity index (χ2n) is 5.84. The maximum absolute atomic E-state index is 13.4. The average Bonchev–Trinajstić information content (AvgIpc) is 2.75. The number of nitrogens with one attached hydrogen (secondary N) is 2. The van der Waals surface area contributed by atoms with Crippen LogP contribution in [0.1, 0.15) is 10.4 Å².